The molecule has 106 valence electrons. The number of nitrogens with one attached hydrogen (secondary N) is 1. The van der Waals surface area contributed by atoms with Crippen LogP contribution in [0.25, 0.3) is 0 Å². The number of morpholine rings is 1. The van der Waals surface area contributed by atoms with Crippen LogP contribution in [-0.2, 0) is 9.53 Å². The molecule has 1 aromatic heterocycles. The summed E-state index contributed by atoms with van der Waals surface area (Å²) in [6.07, 6.45) is 0.293. The van der Waals surface area contributed by atoms with Crippen LogP contribution in [-0.4, -0.2) is 47.3 Å². The molecule has 0 saturated carbocycles. The highest BCUT2D eigenvalue weighted by atomic mass is 16.5. The Morgan fingerprint density at radius 1 is 1.47 bits per heavy atom. The van der Waals surface area contributed by atoms with Gasteiger partial charge in [0.25, 0.3) is 0 Å². The van der Waals surface area contributed by atoms with Crippen molar-refractivity contribution in [2.75, 3.05) is 18.4 Å². The lowest BCUT2D eigenvalue weighted by Crippen LogP contribution is -2.52. The number of aryl methyl sites for hydroxylation is 1. The van der Waals surface area contributed by atoms with Crippen molar-refractivity contribution >= 4 is 11.7 Å². The second-order valence-corrected chi connectivity index (χ2v) is 5.20. The van der Waals surface area contributed by atoms with Crippen LogP contribution in [0.4, 0.5) is 5.82 Å². The third kappa shape index (κ3) is 3.54. The topological polar surface area (TPSA) is 67.6 Å². The summed E-state index contributed by atoms with van der Waals surface area (Å²) in [6.45, 7) is 9.25. The van der Waals surface area contributed by atoms with Crippen LogP contribution in [0.2, 0.25) is 0 Å². The second kappa shape index (κ2) is 5.71. The van der Waals surface area contributed by atoms with Crippen molar-refractivity contribution in [3.63, 3.8) is 0 Å². The van der Waals surface area contributed by atoms with Gasteiger partial charge in [-0.15, -0.1) is 0 Å². The summed E-state index contributed by atoms with van der Waals surface area (Å²) in [6, 6.07) is 1.49. The van der Waals surface area contributed by atoms with E-state index in [-0.39, 0.29) is 24.2 Å². The van der Waals surface area contributed by atoms with Gasteiger partial charge in [0.05, 0.1) is 18.2 Å². The Kier molecular flexibility index (Phi) is 4.21. The molecule has 1 amide bonds. The molecule has 1 saturated heterocycles. The highest BCUT2D eigenvalue weighted by Gasteiger charge is 2.29. The summed E-state index contributed by atoms with van der Waals surface area (Å²) in [5, 5.41) is 6.53. The van der Waals surface area contributed by atoms with Gasteiger partial charge in [-0.05, 0) is 27.7 Å². The summed E-state index contributed by atoms with van der Waals surface area (Å²) in [5.41, 5.74) is 0. The molecule has 1 aliphatic rings. The molecule has 0 spiro atoms. The number of carbonyl (C=O) groups excluding carboxylic acids is 1. The smallest absolute Gasteiger partial charge is 0.242 e. The van der Waals surface area contributed by atoms with Crippen LogP contribution in [0.5, 0.6) is 0 Å². The molecule has 1 N–H and O–H groups in total. The number of aromatic nitrogens is 1. The summed E-state index contributed by atoms with van der Waals surface area (Å²) in [7, 11) is 0. The summed E-state index contributed by atoms with van der Waals surface area (Å²) in [5.74, 6) is 1.06. The molecule has 3 atom stereocenters. The Hall–Kier alpha value is -1.40. The van der Waals surface area contributed by atoms with E-state index in [4.69, 9.17) is 9.26 Å². The molecule has 0 aromatic carbocycles. The molecule has 6 nitrogen and oxygen atoms in total. The average molecular weight is 267 g/mol. The van der Waals surface area contributed by atoms with Gasteiger partial charge in [0.15, 0.2) is 5.82 Å². The number of rotatable bonds is 3. The molecule has 3 unspecified atom stereocenters. The average Bonchev–Trinajstić information content (AvgIpc) is 2.72. The predicted octanol–water partition coefficient (Wildman–Crippen LogP) is 1.42. The van der Waals surface area contributed by atoms with Crippen LogP contribution in [0, 0.1) is 6.92 Å². The van der Waals surface area contributed by atoms with Crippen molar-refractivity contribution in [2.45, 2.75) is 45.9 Å². The zero-order chi connectivity index (χ0) is 14.0. The Bertz CT molecular complexity index is 436. The van der Waals surface area contributed by atoms with Gasteiger partial charge in [0.2, 0.25) is 5.91 Å². The van der Waals surface area contributed by atoms with Gasteiger partial charge in [0.1, 0.15) is 5.76 Å². The highest BCUT2D eigenvalue weighted by molar-refractivity contribution is 5.93. The Morgan fingerprint density at radius 3 is 2.63 bits per heavy atom. The molecule has 1 fully saturated rings. The summed E-state index contributed by atoms with van der Waals surface area (Å²) in [4.78, 5) is 14.3. The second-order valence-electron chi connectivity index (χ2n) is 5.20. The third-order valence-electron chi connectivity index (χ3n) is 3.25. The molecule has 0 aliphatic carbocycles. The van der Waals surface area contributed by atoms with Gasteiger partial charge in [-0.25, -0.2) is 0 Å². The first-order chi connectivity index (χ1) is 8.95. The molecule has 2 heterocycles. The molecule has 0 bridgehead atoms. The number of carbonyl (C=O) groups is 1. The number of nitrogens with zero attached hydrogens (tertiary/aromatic N) is 2. The lowest BCUT2D eigenvalue weighted by molar-refractivity contribution is -0.126. The van der Waals surface area contributed by atoms with Crippen molar-refractivity contribution in [2.24, 2.45) is 0 Å². The fourth-order valence-corrected chi connectivity index (χ4v) is 2.36. The highest BCUT2D eigenvalue weighted by Crippen LogP contribution is 2.15. The SMILES string of the molecule is Cc1cc(NC(=O)C(C)N2CC(C)OC(C)C2)no1. The number of hydrogen-bond acceptors (Lipinski definition) is 5. The monoisotopic (exact) mass is 267 g/mol. The van der Waals surface area contributed by atoms with Crippen molar-refractivity contribution < 1.29 is 14.1 Å². The summed E-state index contributed by atoms with van der Waals surface area (Å²) < 4.78 is 10.6. The number of amides is 1. The van der Waals surface area contributed by atoms with Gasteiger partial charge in [-0.1, -0.05) is 5.16 Å². The Labute approximate surface area is 113 Å². The maximum absolute atomic E-state index is 12.2. The predicted molar refractivity (Wildman–Crippen MR) is 70.9 cm³/mol. The molecule has 2 rings (SSSR count). The molecular weight excluding hydrogens is 246 g/mol. The van der Waals surface area contributed by atoms with E-state index in [2.05, 4.69) is 15.4 Å². The molecule has 0 radical (unpaired) electrons. The van der Waals surface area contributed by atoms with Crippen molar-refractivity contribution in [1.29, 1.82) is 0 Å². The minimum atomic E-state index is -0.217. The molecule has 1 aliphatic heterocycles. The quantitative estimate of drug-likeness (QED) is 0.897. The molecule has 19 heavy (non-hydrogen) atoms. The molecule has 6 heteroatoms. The van der Waals surface area contributed by atoms with Gasteiger partial charge < -0.3 is 14.6 Å². The third-order valence-corrected chi connectivity index (χ3v) is 3.25. The first-order valence-electron chi connectivity index (χ1n) is 6.59. The van der Waals surface area contributed by atoms with E-state index in [0.29, 0.717) is 11.6 Å². The number of hydrogen-bond donors (Lipinski definition) is 1. The standard InChI is InChI=1S/C13H21N3O3/c1-8-5-12(15-19-8)14-13(17)11(4)16-6-9(2)18-10(3)7-16/h5,9-11H,6-7H2,1-4H3,(H,14,15,17). The largest absolute Gasteiger partial charge is 0.373 e. The minimum absolute atomic E-state index is 0.0744. The lowest BCUT2D eigenvalue weighted by atomic mass is 10.1. The van der Waals surface area contributed by atoms with Crippen molar-refractivity contribution in [3.8, 4) is 0 Å². The normalized spacial score (nSPS) is 26.1. The fraction of sp³-hybridized carbons (Fsp3) is 0.692. The zero-order valence-corrected chi connectivity index (χ0v) is 11.8. The van der Waals surface area contributed by atoms with Gasteiger partial charge in [-0.3, -0.25) is 9.69 Å². The van der Waals surface area contributed by atoms with E-state index in [0.717, 1.165) is 13.1 Å². The van der Waals surface area contributed by atoms with E-state index in [9.17, 15) is 4.79 Å². The number of anilines is 1. The van der Waals surface area contributed by atoms with Crippen LogP contribution < -0.4 is 5.32 Å². The van der Waals surface area contributed by atoms with E-state index < -0.39 is 0 Å². The minimum Gasteiger partial charge on any atom is -0.373 e. The first-order valence-corrected chi connectivity index (χ1v) is 6.59. The van der Waals surface area contributed by atoms with E-state index in [1.807, 2.05) is 20.8 Å². The Morgan fingerprint density at radius 2 is 2.11 bits per heavy atom. The van der Waals surface area contributed by atoms with Gasteiger partial charge in [0, 0.05) is 19.2 Å². The van der Waals surface area contributed by atoms with E-state index in [1.54, 1.807) is 13.0 Å². The van der Waals surface area contributed by atoms with Crippen LogP contribution >= 0.6 is 0 Å². The van der Waals surface area contributed by atoms with Crippen molar-refractivity contribution in [1.82, 2.24) is 10.1 Å². The van der Waals surface area contributed by atoms with Gasteiger partial charge in [-0.2, -0.15) is 0 Å². The zero-order valence-electron chi connectivity index (χ0n) is 11.8. The molecular formula is C13H21N3O3. The fourth-order valence-electron chi connectivity index (χ4n) is 2.36. The lowest BCUT2D eigenvalue weighted by Gasteiger charge is -2.38. The molecule has 1 aromatic rings. The summed E-state index contributed by atoms with van der Waals surface area (Å²) >= 11 is 0. The maximum Gasteiger partial charge on any atom is 0.242 e. The number of ether oxygens (including phenoxy) is 1. The van der Waals surface area contributed by atoms with E-state index >= 15 is 0 Å². The van der Waals surface area contributed by atoms with Crippen LogP contribution in [0.3, 0.4) is 0 Å². The van der Waals surface area contributed by atoms with Crippen LogP contribution in [0.15, 0.2) is 10.6 Å². The maximum atomic E-state index is 12.2. The van der Waals surface area contributed by atoms with Crippen LogP contribution in [0.1, 0.15) is 26.5 Å². The van der Waals surface area contributed by atoms with E-state index in [1.165, 1.54) is 0 Å². The first kappa shape index (κ1) is 14.0. The Balaban J connectivity index is 1.94. The van der Waals surface area contributed by atoms with Crippen molar-refractivity contribution in [3.05, 3.63) is 11.8 Å². The van der Waals surface area contributed by atoms with Gasteiger partial charge >= 0.3 is 0 Å².